The lowest BCUT2D eigenvalue weighted by Gasteiger charge is -2.21. The lowest BCUT2D eigenvalue weighted by Crippen LogP contribution is -2.14. The van der Waals surface area contributed by atoms with Crippen molar-refractivity contribution >= 4 is 0 Å². The molecule has 0 nitrogen and oxygen atoms in total. The fraction of sp³-hybridized carbons (Fsp3) is 1.00. The van der Waals surface area contributed by atoms with E-state index >= 15 is 0 Å². The first-order valence-electron chi connectivity index (χ1n) is 5.74. The van der Waals surface area contributed by atoms with Gasteiger partial charge in [-0.3, -0.25) is 0 Å². The van der Waals surface area contributed by atoms with Gasteiger partial charge in [-0.2, -0.15) is 0 Å². The van der Waals surface area contributed by atoms with Crippen LogP contribution >= 0.6 is 0 Å². The molecule has 0 bridgehead atoms. The fourth-order valence-corrected chi connectivity index (χ4v) is 3.37. The van der Waals surface area contributed by atoms with E-state index in [4.69, 9.17) is 0 Å². The lowest BCUT2D eigenvalue weighted by molar-refractivity contribution is 0.280. The molecular weight excluding hydrogens is 144 g/mol. The van der Waals surface area contributed by atoms with Gasteiger partial charge in [-0.1, -0.05) is 27.2 Å². The Bertz CT molecular complexity index is 157. The zero-order valence-electron chi connectivity index (χ0n) is 8.72. The number of hydrogen-bond donors (Lipinski definition) is 0. The molecule has 0 aromatic rings. The molecule has 4 atom stereocenters. The van der Waals surface area contributed by atoms with Crippen molar-refractivity contribution in [3.05, 3.63) is 0 Å². The van der Waals surface area contributed by atoms with Crippen LogP contribution in [-0.2, 0) is 0 Å². The third kappa shape index (κ3) is 1.30. The smallest absolute Gasteiger partial charge is 0.0352 e. The summed E-state index contributed by atoms with van der Waals surface area (Å²) in [5, 5.41) is 0. The van der Waals surface area contributed by atoms with Crippen LogP contribution < -0.4 is 0 Å². The Kier molecular flexibility index (Phi) is 2.18. The maximum atomic E-state index is 2.47. The summed E-state index contributed by atoms with van der Waals surface area (Å²) in [7, 11) is 0. The van der Waals surface area contributed by atoms with Crippen molar-refractivity contribution in [2.45, 2.75) is 46.5 Å². The van der Waals surface area contributed by atoms with Crippen molar-refractivity contribution in [2.75, 3.05) is 0 Å². The Morgan fingerprint density at radius 3 is 2.33 bits per heavy atom. The van der Waals surface area contributed by atoms with Crippen LogP contribution in [0.5, 0.6) is 0 Å². The van der Waals surface area contributed by atoms with E-state index in [1.54, 1.807) is 12.8 Å². The van der Waals surface area contributed by atoms with Crippen molar-refractivity contribution in [1.29, 1.82) is 0 Å². The first-order valence-corrected chi connectivity index (χ1v) is 5.74. The van der Waals surface area contributed by atoms with Crippen molar-refractivity contribution in [3.63, 3.8) is 0 Å². The summed E-state index contributed by atoms with van der Waals surface area (Å²) in [5.74, 6) is 5.32. The minimum absolute atomic E-state index is 1.00. The Morgan fingerprint density at radius 2 is 1.83 bits per heavy atom. The largest absolute Gasteiger partial charge is 0.0651 e. The molecule has 0 aromatic heterocycles. The molecule has 0 N–H and O–H groups in total. The Morgan fingerprint density at radius 1 is 1.17 bits per heavy atom. The molecular formula is C12H22. The summed E-state index contributed by atoms with van der Waals surface area (Å²) >= 11 is 0. The van der Waals surface area contributed by atoms with Gasteiger partial charge in [0, 0.05) is 0 Å². The van der Waals surface area contributed by atoms with Gasteiger partial charge >= 0.3 is 0 Å². The summed E-state index contributed by atoms with van der Waals surface area (Å²) in [6.07, 6.45) is 6.04. The zero-order valence-corrected chi connectivity index (χ0v) is 8.72. The molecule has 2 fully saturated rings. The predicted molar refractivity (Wildman–Crippen MR) is 52.9 cm³/mol. The average molecular weight is 166 g/mol. The topological polar surface area (TPSA) is 0 Å². The minimum atomic E-state index is 1.00. The average Bonchev–Trinajstić information content (AvgIpc) is 2.82. The van der Waals surface area contributed by atoms with Crippen molar-refractivity contribution in [3.8, 4) is 0 Å². The van der Waals surface area contributed by atoms with E-state index in [1.165, 1.54) is 12.8 Å². The van der Waals surface area contributed by atoms with Gasteiger partial charge in [-0.15, -0.1) is 0 Å². The molecule has 12 heavy (non-hydrogen) atoms. The van der Waals surface area contributed by atoms with Crippen molar-refractivity contribution in [2.24, 2.45) is 29.6 Å². The van der Waals surface area contributed by atoms with Crippen molar-refractivity contribution < 1.29 is 0 Å². The quantitative estimate of drug-likeness (QED) is 0.586. The van der Waals surface area contributed by atoms with E-state index in [0.717, 1.165) is 29.6 Å². The first-order chi connectivity index (χ1) is 5.74. The first kappa shape index (κ1) is 8.59. The second kappa shape index (κ2) is 3.05. The third-order valence-electron chi connectivity index (χ3n) is 4.47. The van der Waals surface area contributed by atoms with Crippen LogP contribution in [0.2, 0.25) is 0 Å². The third-order valence-corrected chi connectivity index (χ3v) is 4.47. The monoisotopic (exact) mass is 166 g/mol. The Hall–Kier alpha value is 0. The molecule has 2 rings (SSSR count). The van der Waals surface area contributed by atoms with Gasteiger partial charge in [0.15, 0.2) is 0 Å². The summed E-state index contributed by atoms with van der Waals surface area (Å²) in [5.41, 5.74) is 0. The SMILES string of the molecule is CCC1C(C)C(C)CC1C1CC1. The molecule has 0 saturated heterocycles. The second-order valence-corrected chi connectivity index (χ2v) is 5.15. The van der Waals surface area contributed by atoms with Crippen LogP contribution in [0.25, 0.3) is 0 Å². The van der Waals surface area contributed by atoms with E-state index in [-0.39, 0.29) is 0 Å². The fourth-order valence-electron chi connectivity index (χ4n) is 3.37. The normalized spacial score (nSPS) is 48.2. The zero-order chi connectivity index (χ0) is 8.72. The van der Waals surface area contributed by atoms with Crippen LogP contribution in [0.4, 0.5) is 0 Å². The van der Waals surface area contributed by atoms with Crippen LogP contribution in [0.15, 0.2) is 0 Å². The molecule has 2 aliphatic carbocycles. The minimum Gasteiger partial charge on any atom is -0.0651 e. The van der Waals surface area contributed by atoms with Gasteiger partial charge in [0.25, 0.3) is 0 Å². The van der Waals surface area contributed by atoms with Gasteiger partial charge in [0.1, 0.15) is 0 Å². The summed E-state index contributed by atoms with van der Waals surface area (Å²) in [6, 6.07) is 0. The summed E-state index contributed by atoms with van der Waals surface area (Å²) in [4.78, 5) is 0. The van der Waals surface area contributed by atoms with E-state index in [2.05, 4.69) is 20.8 Å². The molecule has 0 amide bonds. The molecule has 4 unspecified atom stereocenters. The molecule has 0 radical (unpaired) electrons. The molecule has 0 aromatic carbocycles. The van der Waals surface area contributed by atoms with Crippen LogP contribution in [0.3, 0.4) is 0 Å². The van der Waals surface area contributed by atoms with Gasteiger partial charge in [-0.25, -0.2) is 0 Å². The molecule has 0 heteroatoms. The van der Waals surface area contributed by atoms with Gasteiger partial charge in [-0.05, 0) is 48.9 Å². The van der Waals surface area contributed by atoms with Crippen LogP contribution in [-0.4, -0.2) is 0 Å². The second-order valence-electron chi connectivity index (χ2n) is 5.15. The van der Waals surface area contributed by atoms with E-state index in [9.17, 15) is 0 Å². The van der Waals surface area contributed by atoms with Gasteiger partial charge in [0.2, 0.25) is 0 Å². The van der Waals surface area contributed by atoms with Crippen LogP contribution in [0.1, 0.15) is 46.5 Å². The summed E-state index contributed by atoms with van der Waals surface area (Å²) < 4.78 is 0. The standard InChI is InChI=1S/C12H22/c1-4-11-9(3)8(2)7-12(11)10-5-6-10/h8-12H,4-7H2,1-3H3. The predicted octanol–water partition coefficient (Wildman–Crippen LogP) is 3.71. The van der Waals surface area contributed by atoms with Crippen LogP contribution in [0, 0.1) is 29.6 Å². The van der Waals surface area contributed by atoms with E-state index in [0.29, 0.717) is 0 Å². The highest BCUT2D eigenvalue weighted by Gasteiger charge is 2.44. The highest BCUT2D eigenvalue weighted by molar-refractivity contribution is 4.94. The van der Waals surface area contributed by atoms with Crippen molar-refractivity contribution in [1.82, 2.24) is 0 Å². The lowest BCUT2D eigenvalue weighted by atomic mass is 9.84. The molecule has 0 spiro atoms. The summed E-state index contributed by atoms with van der Waals surface area (Å²) in [6.45, 7) is 7.31. The maximum absolute atomic E-state index is 2.47. The van der Waals surface area contributed by atoms with Gasteiger partial charge < -0.3 is 0 Å². The molecule has 2 aliphatic rings. The molecule has 0 aliphatic heterocycles. The van der Waals surface area contributed by atoms with E-state index in [1.807, 2.05) is 0 Å². The Labute approximate surface area is 76.7 Å². The van der Waals surface area contributed by atoms with Gasteiger partial charge in [0.05, 0.1) is 0 Å². The maximum Gasteiger partial charge on any atom is -0.0352 e. The van der Waals surface area contributed by atoms with E-state index < -0.39 is 0 Å². The molecule has 2 saturated carbocycles. The molecule has 0 heterocycles. The Balaban J connectivity index is 2.03. The number of hydrogen-bond acceptors (Lipinski definition) is 0. The number of rotatable bonds is 2. The highest BCUT2D eigenvalue weighted by atomic mass is 14.5. The molecule has 70 valence electrons. The highest BCUT2D eigenvalue weighted by Crippen LogP contribution is 2.53.